The quantitative estimate of drug-likeness (QED) is 0.729. The standard InChI is InChI=1S/C19H19N3O4S/c23-19(15-5-8-18-17(11-15)21-13-26-18)20-12-14-3-6-16(7-4-14)27(24,25)22-9-1-2-10-22/h3-8,11,13H,1-2,9-10,12H2,(H,20,23). The highest BCUT2D eigenvalue weighted by Gasteiger charge is 2.26. The minimum atomic E-state index is -3.41. The smallest absolute Gasteiger partial charge is 0.251 e. The van der Waals surface area contributed by atoms with Crippen LogP contribution in [0.15, 0.2) is 58.2 Å². The van der Waals surface area contributed by atoms with Gasteiger partial charge in [0.15, 0.2) is 12.0 Å². The predicted octanol–water partition coefficient (Wildman–Crippen LogP) is 2.54. The molecule has 1 amide bonds. The Morgan fingerprint density at radius 1 is 1.11 bits per heavy atom. The van der Waals surface area contributed by atoms with Gasteiger partial charge in [0, 0.05) is 25.2 Å². The van der Waals surface area contributed by atoms with Gasteiger partial charge in [-0.2, -0.15) is 4.31 Å². The lowest BCUT2D eigenvalue weighted by Crippen LogP contribution is -2.28. The molecule has 2 aromatic carbocycles. The largest absolute Gasteiger partial charge is 0.443 e. The van der Waals surface area contributed by atoms with Crippen molar-refractivity contribution in [1.82, 2.24) is 14.6 Å². The molecule has 2 heterocycles. The Morgan fingerprint density at radius 3 is 2.59 bits per heavy atom. The molecule has 4 rings (SSSR count). The van der Waals surface area contributed by atoms with Crippen LogP contribution in [0.2, 0.25) is 0 Å². The molecule has 0 aliphatic carbocycles. The topological polar surface area (TPSA) is 92.5 Å². The van der Waals surface area contributed by atoms with Crippen molar-refractivity contribution in [3.63, 3.8) is 0 Å². The summed E-state index contributed by atoms with van der Waals surface area (Å²) in [7, 11) is -3.41. The van der Waals surface area contributed by atoms with Crippen molar-refractivity contribution < 1.29 is 17.6 Å². The van der Waals surface area contributed by atoms with Gasteiger partial charge in [-0.15, -0.1) is 0 Å². The molecule has 0 bridgehead atoms. The van der Waals surface area contributed by atoms with Gasteiger partial charge in [-0.05, 0) is 48.7 Å². The Morgan fingerprint density at radius 2 is 1.85 bits per heavy atom. The fourth-order valence-corrected chi connectivity index (χ4v) is 4.66. The van der Waals surface area contributed by atoms with Crippen LogP contribution in [0.5, 0.6) is 0 Å². The molecule has 1 N–H and O–H groups in total. The van der Waals surface area contributed by atoms with Gasteiger partial charge in [0.1, 0.15) is 5.52 Å². The van der Waals surface area contributed by atoms with Crippen molar-refractivity contribution in [1.29, 1.82) is 0 Å². The maximum atomic E-state index is 12.5. The van der Waals surface area contributed by atoms with Crippen molar-refractivity contribution in [3.8, 4) is 0 Å². The highest BCUT2D eigenvalue weighted by molar-refractivity contribution is 7.89. The first kappa shape index (κ1) is 17.7. The van der Waals surface area contributed by atoms with Gasteiger partial charge in [-0.1, -0.05) is 12.1 Å². The molecule has 1 aromatic heterocycles. The first-order valence-electron chi connectivity index (χ1n) is 8.74. The fraction of sp³-hybridized carbons (Fsp3) is 0.263. The SMILES string of the molecule is O=C(NCc1ccc(S(=O)(=O)N2CCCC2)cc1)c1ccc2ocnc2c1. The third-order valence-corrected chi connectivity index (χ3v) is 6.58. The molecule has 1 aliphatic rings. The van der Waals surface area contributed by atoms with Gasteiger partial charge >= 0.3 is 0 Å². The normalized spacial score (nSPS) is 15.3. The molecule has 140 valence electrons. The molecule has 0 atom stereocenters. The summed E-state index contributed by atoms with van der Waals surface area (Å²) in [6.07, 6.45) is 3.15. The van der Waals surface area contributed by atoms with Crippen LogP contribution in [0.25, 0.3) is 11.1 Å². The number of nitrogens with zero attached hydrogens (tertiary/aromatic N) is 2. The van der Waals surface area contributed by atoms with Crippen LogP contribution in [0.3, 0.4) is 0 Å². The second-order valence-electron chi connectivity index (χ2n) is 6.47. The summed E-state index contributed by atoms with van der Waals surface area (Å²) < 4.78 is 31.7. The van der Waals surface area contributed by atoms with Crippen molar-refractivity contribution in [2.45, 2.75) is 24.3 Å². The van der Waals surface area contributed by atoms with Crippen LogP contribution in [0, 0.1) is 0 Å². The average molecular weight is 385 g/mol. The maximum Gasteiger partial charge on any atom is 0.251 e. The molecule has 0 saturated carbocycles. The molecule has 7 nitrogen and oxygen atoms in total. The Balaban J connectivity index is 1.41. The Hall–Kier alpha value is -2.71. The Bertz CT molecular complexity index is 1070. The van der Waals surface area contributed by atoms with E-state index in [9.17, 15) is 13.2 Å². The number of hydrogen-bond acceptors (Lipinski definition) is 5. The van der Waals surface area contributed by atoms with Crippen LogP contribution in [0.4, 0.5) is 0 Å². The van der Waals surface area contributed by atoms with Crippen LogP contribution < -0.4 is 5.32 Å². The number of aromatic nitrogens is 1. The lowest BCUT2D eigenvalue weighted by Gasteiger charge is -2.15. The van der Waals surface area contributed by atoms with Gasteiger partial charge in [0.25, 0.3) is 5.91 Å². The number of carbonyl (C=O) groups is 1. The van der Waals surface area contributed by atoms with Gasteiger partial charge in [-0.3, -0.25) is 4.79 Å². The molecule has 0 radical (unpaired) electrons. The molecule has 3 aromatic rings. The van der Waals surface area contributed by atoms with Crippen molar-refractivity contribution in [2.24, 2.45) is 0 Å². The first-order chi connectivity index (χ1) is 13.0. The molecule has 8 heteroatoms. The Labute approximate surface area is 157 Å². The van der Waals surface area contributed by atoms with Crippen molar-refractivity contribution in [2.75, 3.05) is 13.1 Å². The minimum absolute atomic E-state index is 0.228. The highest BCUT2D eigenvalue weighted by atomic mass is 32.2. The Kier molecular flexibility index (Phi) is 4.67. The molecule has 1 saturated heterocycles. The summed E-state index contributed by atoms with van der Waals surface area (Å²) >= 11 is 0. The van der Waals surface area contributed by atoms with Crippen LogP contribution in [0.1, 0.15) is 28.8 Å². The van der Waals surface area contributed by atoms with E-state index in [1.54, 1.807) is 42.5 Å². The molecule has 1 aliphatic heterocycles. The summed E-state index contributed by atoms with van der Waals surface area (Å²) in [6, 6.07) is 11.7. The number of sulfonamides is 1. The number of carbonyl (C=O) groups excluding carboxylic acids is 1. The molecule has 0 unspecified atom stereocenters. The van der Waals surface area contributed by atoms with Crippen LogP contribution in [-0.4, -0.2) is 36.7 Å². The number of benzene rings is 2. The van der Waals surface area contributed by atoms with E-state index in [0.717, 1.165) is 18.4 Å². The third kappa shape index (κ3) is 3.58. The minimum Gasteiger partial charge on any atom is -0.443 e. The third-order valence-electron chi connectivity index (χ3n) is 4.67. The summed E-state index contributed by atoms with van der Waals surface area (Å²) in [5.74, 6) is -0.228. The van der Waals surface area contributed by atoms with Crippen molar-refractivity contribution in [3.05, 3.63) is 60.0 Å². The lowest BCUT2D eigenvalue weighted by molar-refractivity contribution is 0.0951. The van der Waals surface area contributed by atoms with E-state index in [1.165, 1.54) is 10.7 Å². The summed E-state index contributed by atoms with van der Waals surface area (Å²) in [5.41, 5.74) is 2.57. The molecule has 27 heavy (non-hydrogen) atoms. The molecular weight excluding hydrogens is 366 g/mol. The van der Waals surface area contributed by atoms with E-state index < -0.39 is 10.0 Å². The number of rotatable bonds is 5. The highest BCUT2D eigenvalue weighted by Crippen LogP contribution is 2.21. The summed E-state index contributed by atoms with van der Waals surface area (Å²) in [6.45, 7) is 1.46. The van der Waals surface area contributed by atoms with E-state index in [0.29, 0.717) is 36.3 Å². The fourth-order valence-electron chi connectivity index (χ4n) is 3.14. The monoisotopic (exact) mass is 385 g/mol. The zero-order valence-electron chi connectivity index (χ0n) is 14.6. The van der Waals surface area contributed by atoms with Crippen LogP contribution in [-0.2, 0) is 16.6 Å². The number of fused-ring (bicyclic) bond motifs is 1. The van der Waals surface area contributed by atoms with Gasteiger partial charge in [0.2, 0.25) is 10.0 Å². The van der Waals surface area contributed by atoms with E-state index in [4.69, 9.17) is 4.42 Å². The number of oxazole rings is 1. The number of hydrogen-bond donors (Lipinski definition) is 1. The summed E-state index contributed by atoms with van der Waals surface area (Å²) in [4.78, 5) is 16.6. The lowest BCUT2D eigenvalue weighted by atomic mass is 10.2. The second-order valence-corrected chi connectivity index (χ2v) is 8.41. The van der Waals surface area contributed by atoms with E-state index in [2.05, 4.69) is 10.3 Å². The van der Waals surface area contributed by atoms with E-state index >= 15 is 0 Å². The van der Waals surface area contributed by atoms with Gasteiger partial charge in [0.05, 0.1) is 4.90 Å². The van der Waals surface area contributed by atoms with E-state index in [-0.39, 0.29) is 10.8 Å². The number of nitrogens with one attached hydrogen (secondary N) is 1. The summed E-state index contributed by atoms with van der Waals surface area (Å²) in [5, 5.41) is 2.83. The second kappa shape index (κ2) is 7.13. The zero-order chi connectivity index (χ0) is 18.9. The molecule has 1 fully saturated rings. The zero-order valence-corrected chi connectivity index (χ0v) is 15.4. The number of amides is 1. The maximum absolute atomic E-state index is 12.5. The first-order valence-corrected chi connectivity index (χ1v) is 10.2. The van der Waals surface area contributed by atoms with Crippen molar-refractivity contribution >= 4 is 27.0 Å². The van der Waals surface area contributed by atoms with E-state index in [1.807, 2.05) is 0 Å². The van der Waals surface area contributed by atoms with Crippen LogP contribution >= 0.6 is 0 Å². The average Bonchev–Trinajstić information content (AvgIpc) is 3.37. The van der Waals surface area contributed by atoms with Gasteiger partial charge < -0.3 is 9.73 Å². The van der Waals surface area contributed by atoms with Gasteiger partial charge in [-0.25, -0.2) is 13.4 Å². The predicted molar refractivity (Wildman–Crippen MR) is 99.6 cm³/mol. The molecule has 0 spiro atoms. The molecular formula is C19H19N3O4S.